The molecular formula is C13H18O2. The Morgan fingerprint density at radius 1 is 1.47 bits per heavy atom. The normalized spacial score (nSPS) is 12.3. The van der Waals surface area contributed by atoms with Gasteiger partial charge in [-0.3, -0.25) is 4.79 Å². The lowest BCUT2D eigenvalue weighted by Gasteiger charge is -2.16. The second-order valence-corrected chi connectivity index (χ2v) is 3.79. The molecule has 0 radical (unpaired) electrons. The van der Waals surface area contributed by atoms with Crippen LogP contribution >= 0.6 is 0 Å². The van der Waals surface area contributed by atoms with Crippen LogP contribution in [0.2, 0.25) is 0 Å². The molecule has 0 saturated heterocycles. The van der Waals surface area contributed by atoms with Gasteiger partial charge in [-0.15, -0.1) is 0 Å². The number of carbonyl (C=O) groups excluding carboxylic acids is 1. The second kappa shape index (κ2) is 4.96. The molecule has 0 spiro atoms. The number of ether oxygens (including phenoxy) is 1. The molecule has 0 aliphatic carbocycles. The van der Waals surface area contributed by atoms with Gasteiger partial charge in [0.2, 0.25) is 0 Å². The molecular weight excluding hydrogens is 188 g/mol. The van der Waals surface area contributed by atoms with Crippen molar-refractivity contribution in [2.24, 2.45) is 0 Å². The molecule has 0 aliphatic heterocycles. The molecule has 0 N–H and O–H groups in total. The number of benzene rings is 1. The van der Waals surface area contributed by atoms with Crippen LogP contribution in [-0.4, -0.2) is 12.9 Å². The highest BCUT2D eigenvalue weighted by Gasteiger charge is 2.15. The van der Waals surface area contributed by atoms with Gasteiger partial charge in [0.25, 0.3) is 0 Å². The predicted octanol–water partition coefficient (Wildman–Crippen LogP) is 3.41. The lowest BCUT2D eigenvalue weighted by molar-refractivity contribution is 0.101. The van der Waals surface area contributed by atoms with E-state index in [-0.39, 0.29) is 5.78 Å². The first-order valence-corrected chi connectivity index (χ1v) is 5.29. The maximum absolute atomic E-state index is 11.4. The summed E-state index contributed by atoms with van der Waals surface area (Å²) in [5.41, 5.74) is 1.79. The Morgan fingerprint density at radius 2 is 2.13 bits per heavy atom. The SMILES string of the molecule is CCC(C)c1cccc(C(C)=O)c1OC. The van der Waals surface area contributed by atoms with Crippen molar-refractivity contribution >= 4 is 5.78 Å². The average molecular weight is 206 g/mol. The molecule has 1 rings (SSSR count). The fourth-order valence-corrected chi connectivity index (χ4v) is 1.67. The van der Waals surface area contributed by atoms with Crippen molar-refractivity contribution in [2.45, 2.75) is 33.1 Å². The highest BCUT2D eigenvalue weighted by Crippen LogP contribution is 2.31. The van der Waals surface area contributed by atoms with Gasteiger partial charge in [0.15, 0.2) is 5.78 Å². The molecule has 0 bridgehead atoms. The summed E-state index contributed by atoms with van der Waals surface area (Å²) in [5.74, 6) is 1.20. The van der Waals surface area contributed by atoms with Gasteiger partial charge in [-0.1, -0.05) is 26.0 Å². The van der Waals surface area contributed by atoms with Gasteiger partial charge in [-0.2, -0.15) is 0 Å². The number of rotatable bonds is 4. The molecule has 15 heavy (non-hydrogen) atoms. The molecule has 1 unspecified atom stereocenters. The zero-order valence-electron chi connectivity index (χ0n) is 9.83. The number of methoxy groups -OCH3 is 1. The number of para-hydroxylation sites is 1. The molecule has 1 aromatic rings. The highest BCUT2D eigenvalue weighted by atomic mass is 16.5. The third-order valence-corrected chi connectivity index (χ3v) is 2.77. The molecule has 2 heteroatoms. The van der Waals surface area contributed by atoms with Crippen LogP contribution in [-0.2, 0) is 0 Å². The minimum Gasteiger partial charge on any atom is -0.496 e. The summed E-state index contributed by atoms with van der Waals surface area (Å²) in [4.78, 5) is 11.4. The minimum absolute atomic E-state index is 0.0528. The standard InChI is InChI=1S/C13H18O2/c1-5-9(2)11-7-6-8-12(10(3)14)13(11)15-4/h6-9H,5H2,1-4H3. The lowest BCUT2D eigenvalue weighted by Crippen LogP contribution is -2.03. The van der Waals surface area contributed by atoms with Crippen LogP contribution < -0.4 is 4.74 Å². The van der Waals surface area contributed by atoms with Crippen molar-refractivity contribution in [3.05, 3.63) is 29.3 Å². The minimum atomic E-state index is 0.0528. The fourth-order valence-electron chi connectivity index (χ4n) is 1.67. The molecule has 2 nitrogen and oxygen atoms in total. The van der Waals surface area contributed by atoms with E-state index in [0.29, 0.717) is 11.5 Å². The average Bonchev–Trinajstić information content (AvgIpc) is 2.26. The van der Waals surface area contributed by atoms with E-state index in [1.165, 1.54) is 0 Å². The molecule has 82 valence electrons. The maximum atomic E-state index is 11.4. The monoisotopic (exact) mass is 206 g/mol. The van der Waals surface area contributed by atoms with Crippen LogP contribution in [0.5, 0.6) is 5.75 Å². The molecule has 0 saturated carbocycles. The summed E-state index contributed by atoms with van der Waals surface area (Å²) in [5, 5.41) is 0. The van der Waals surface area contributed by atoms with E-state index < -0.39 is 0 Å². The summed E-state index contributed by atoms with van der Waals surface area (Å²) < 4.78 is 5.34. The maximum Gasteiger partial charge on any atom is 0.163 e. The Morgan fingerprint density at radius 3 is 2.60 bits per heavy atom. The van der Waals surface area contributed by atoms with Crippen LogP contribution in [0.4, 0.5) is 0 Å². The quantitative estimate of drug-likeness (QED) is 0.706. The Balaban J connectivity index is 3.28. The summed E-state index contributed by atoms with van der Waals surface area (Å²) in [6.07, 6.45) is 1.04. The number of ketones is 1. The van der Waals surface area contributed by atoms with E-state index in [2.05, 4.69) is 13.8 Å². The van der Waals surface area contributed by atoms with Gasteiger partial charge in [0.1, 0.15) is 5.75 Å². The molecule has 0 aliphatic rings. The number of Topliss-reactive ketones (excluding diaryl/α,β-unsaturated/α-hetero) is 1. The van der Waals surface area contributed by atoms with E-state index in [1.807, 2.05) is 18.2 Å². The van der Waals surface area contributed by atoms with Crippen molar-refractivity contribution < 1.29 is 9.53 Å². The Hall–Kier alpha value is -1.31. The van der Waals surface area contributed by atoms with Crippen LogP contribution in [0.1, 0.15) is 49.0 Å². The van der Waals surface area contributed by atoms with E-state index in [4.69, 9.17) is 4.74 Å². The predicted molar refractivity (Wildman–Crippen MR) is 61.7 cm³/mol. The number of hydrogen-bond donors (Lipinski definition) is 0. The largest absolute Gasteiger partial charge is 0.496 e. The van der Waals surface area contributed by atoms with E-state index in [1.54, 1.807) is 14.0 Å². The van der Waals surface area contributed by atoms with Crippen molar-refractivity contribution in [1.29, 1.82) is 0 Å². The summed E-state index contributed by atoms with van der Waals surface area (Å²) in [6, 6.07) is 5.76. The van der Waals surface area contributed by atoms with Crippen molar-refractivity contribution in [2.75, 3.05) is 7.11 Å². The van der Waals surface area contributed by atoms with Crippen molar-refractivity contribution in [3.8, 4) is 5.75 Å². The van der Waals surface area contributed by atoms with Gasteiger partial charge in [0.05, 0.1) is 12.7 Å². The van der Waals surface area contributed by atoms with Crippen molar-refractivity contribution in [1.82, 2.24) is 0 Å². The first kappa shape index (κ1) is 11.8. The molecule has 0 heterocycles. The van der Waals surface area contributed by atoms with Crippen LogP contribution in [0.3, 0.4) is 0 Å². The number of hydrogen-bond acceptors (Lipinski definition) is 2. The topological polar surface area (TPSA) is 26.3 Å². The van der Waals surface area contributed by atoms with Gasteiger partial charge in [0, 0.05) is 0 Å². The first-order valence-electron chi connectivity index (χ1n) is 5.29. The lowest BCUT2D eigenvalue weighted by atomic mass is 9.94. The Labute approximate surface area is 91.3 Å². The zero-order valence-corrected chi connectivity index (χ0v) is 9.83. The van der Waals surface area contributed by atoms with Crippen LogP contribution in [0.15, 0.2) is 18.2 Å². The summed E-state index contributed by atoms with van der Waals surface area (Å²) in [6.45, 7) is 5.84. The molecule has 1 atom stereocenters. The van der Waals surface area contributed by atoms with E-state index >= 15 is 0 Å². The van der Waals surface area contributed by atoms with Crippen molar-refractivity contribution in [3.63, 3.8) is 0 Å². The van der Waals surface area contributed by atoms with Crippen LogP contribution in [0, 0.1) is 0 Å². The Bertz CT molecular complexity index is 356. The second-order valence-electron chi connectivity index (χ2n) is 3.79. The molecule has 0 amide bonds. The zero-order chi connectivity index (χ0) is 11.4. The third-order valence-electron chi connectivity index (χ3n) is 2.77. The van der Waals surface area contributed by atoms with Gasteiger partial charge in [-0.05, 0) is 30.9 Å². The smallest absolute Gasteiger partial charge is 0.163 e. The summed E-state index contributed by atoms with van der Waals surface area (Å²) >= 11 is 0. The first-order chi connectivity index (χ1) is 7.11. The Kier molecular flexibility index (Phi) is 3.89. The fraction of sp³-hybridized carbons (Fsp3) is 0.462. The van der Waals surface area contributed by atoms with Crippen LogP contribution in [0.25, 0.3) is 0 Å². The van der Waals surface area contributed by atoms with E-state index in [9.17, 15) is 4.79 Å². The van der Waals surface area contributed by atoms with Gasteiger partial charge >= 0.3 is 0 Å². The molecule has 1 aromatic carbocycles. The molecule has 0 fully saturated rings. The third kappa shape index (κ3) is 2.38. The van der Waals surface area contributed by atoms with Gasteiger partial charge < -0.3 is 4.74 Å². The van der Waals surface area contributed by atoms with E-state index in [0.717, 1.165) is 17.7 Å². The highest BCUT2D eigenvalue weighted by molar-refractivity contribution is 5.97. The van der Waals surface area contributed by atoms with Gasteiger partial charge in [-0.25, -0.2) is 0 Å². The molecule has 0 aromatic heterocycles. The number of carbonyl (C=O) groups is 1. The summed E-state index contributed by atoms with van der Waals surface area (Å²) in [7, 11) is 1.62.